The Bertz CT molecular complexity index is 531. The molecule has 0 aromatic carbocycles. The lowest BCUT2D eigenvalue weighted by Crippen LogP contribution is -2.52. The number of carbonyl (C=O) groups excluding carboxylic acids is 2. The molecule has 23 heavy (non-hydrogen) atoms. The van der Waals surface area contributed by atoms with Gasteiger partial charge in [0.1, 0.15) is 0 Å². The number of amides is 2. The van der Waals surface area contributed by atoms with Crippen LogP contribution in [-0.2, 0) is 20.9 Å². The van der Waals surface area contributed by atoms with Gasteiger partial charge in [0.2, 0.25) is 5.91 Å². The maximum absolute atomic E-state index is 14.8. The van der Waals surface area contributed by atoms with E-state index in [0.717, 1.165) is 5.56 Å². The average Bonchev–Trinajstić information content (AvgIpc) is 2.59. The monoisotopic (exact) mass is 323 g/mol. The van der Waals surface area contributed by atoms with Crippen molar-refractivity contribution in [3.05, 3.63) is 30.1 Å². The zero-order valence-corrected chi connectivity index (χ0v) is 13.3. The Kier molecular flexibility index (Phi) is 6.04. The largest absolute Gasteiger partial charge is 0.384 e. The molecule has 126 valence electrons. The van der Waals surface area contributed by atoms with Gasteiger partial charge in [-0.3, -0.25) is 14.6 Å². The molecule has 0 spiro atoms. The minimum absolute atomic E-state index is 0.0217. The molecule has 0 atom stereocenters. The van der Waals surface area contributed by atoms with Gasteiger partial charge in [0, 0.05) is 52.0 Å². The number of piperidine rings is 1. The fourth-order valence-electron chi connectivity index (χ4n) is 2.53. The average molecular weight is 323 g/mol. The molecule has 0 radical (unpaired) electrons. The van der Waals surface area contributed by atoms with Gasteiger partial charge in [-0.15, -0.1) is 0 Å². The first-order valence-corrected chi connectivity index (χ1v) is 7.68. The molecule has 2 amide bonds. The van der Waals surface area contributed by atoms with E-state index in [1.54, 1.807) is 29.4 Å². The van der Waals surface area contributed by atoms with Crippen LogP contribution in [0.25, 0.3) is 0 Å². The number of alkyl halides is 1. The summed E-state index contributed by atoms with van der Waals surface area (Å²) in [6.07, 6.45) is 3.57. The number of methoxy groups -OCH3 is 1. The second-order valence-corrected chi connectivity index (χ2v) is 5.63. The standard InChI is InChI=1S/C16H22FN3O3/c1-23-11-4-14(21)20-9-5-16(17,6-10-20)15(22)19-12-13-2-7-18-8-3-13/h2-3,7-8H,4-6,9-12H2,1H3,(H,19,22). The predicted molar refractivity (Wildman–Crippen MR) is 82.2 cm³/mol. The van der Waals surface area contributed by atoms with Gasteiger partial charge in [-0.05, 0) is 17.7 Å². The molecule has 2 heterocycles. The summed E-state index contributed by atoms with van der Waals surface area (Å²) in [5.41, 5.74) is -1.05. The van der Waals surface area contributed by atoms with E-state index in [1.165, 1.54) is 7.11 Å². The topological polar surface area (TPSA) is 71.5 Å². The van der Waals surface area contributed by atoms with Crippen LogP contribution in [0.3, 0.4) is 0 Å². The molecule has 1 aromatic rings. The van der Waals surface area contributed by atoms with Gasteiger partial charge in [0.05, 0.1) is 13.0 Å². The lowest BCUT2D eigenvalue weighted by Gasteiger charge is -2.35. The van der Waals surface area contributed by atoms with Crippen molar-refractivity contribution in [3.63, 3.8) is 0 Å². The zero-order valence-electron chi connectivity index (χ0n) is 13.3. The number of nitrogens with one attached hydrogen (secondary N) is 1. The van der Waals surface area contributed by atoms with E-state index in [2.05, 4.69) is 10.3 Å². The summed E-state index contributed by atoms with van der Waals surface area (Å²) in [5.74, 6) is -0.676. The highest BCUT2D eigenvalue weighted by Gasteiger charge is 2.42. The van der Waals surface area contributed by atoms with Crippen LogP contribution in [0.15, 0.2) is 24.5 Å². The van der Waals surface area contributed by atoms with Crippen LogP contribution >= 0.6 is 0 Å². The zero-order chi connectivity index (χ0) is 16.7. The molecule has 1 N–H and O–H groups in total. The van der Waals surface area contributed by atoms with Gasteiger partial charge in [-0.2, -0.15) is 0 Å². The summed E-state index contributed by atoms with van der Waals surface area (Å²) in [6.45, 7) is 1.12. The summed E-state index contributed by atoms with van der Waals surface area (Å²) in [5, 5.41) is 2.62. The van der Waals surface area contributed by atoms with Crippen molar-refractivity contribution in [2.75, 3.05) is 26.8 Å². The fraction of sp³-hybridized carbons (Fsp3) is 0.562. The Morgan fingerprint density at radius 2 is 2.00 bits per heavy atom. The van der Waals surface area contributed by atoms with Crippen LogP contribution in [-0.4, -0.2) is 54.2 Å². The SMILES string of the molecule is COCCC(=O)N1CCC(F)(C(=O)NCc2ccncc2)CC1. The molecule has 7 heteroatoms. The lowest BCUT2D eigenvalue weighted by molar-refractivity contribution is -0.142. The van der Waals surface area contributed by atoms with Crippen molar-refractivity contribution in [1.82, 2.24) is 15.2 Å². The molecule has 0 saturated carbocycles. The quantitative estimate of drug-likeness (QED) is 0.850. The van der Waals surface area contributed by atoms with Crippen molar-refractivity contribution < 1.29 is 18.7 Å². The number of ether oxygens (including phenoxy) is 1. The van der Waals surface area contributed by atoms with Crippen LogP contribution in [0.5, 0.6) is 0 Å². The first-order valence-electron chi connectivity index (χ1n) is 7.68. The highest BCUT2D eigenvalue weighted by atomic mass is 19.1. The van der Waals surface area contributed by atoms with Crippen molar-refractivity contribution in [3.8, 4) is 0 Å². The lowest BCUT2D eigenvalue weighted by atomic mass is 9.92. The number of pyridine rings is 1. The maximum Gasteiger partial charge on any atom is 0.258 e. The second kappa shape index (κ2) is 8.01. The van der Waals surface area contributed by atoms with Gasteiger partial charge >= 0.3 is 0 Å². The predicted octanol–water partition coefficient (Wildman–Crippen LogP) is 1.06. The van der Waals surface area contributed by atoms with Crippen LogP contribution < -0.4 is 5.32 Å². The molecule has 0 bridgehead atoms. The molecule has 1 aliphatic rings. The fourth-order valence-corrected chi connectivity index (χ4v) is 2.53. The second-order valence-electron chi connectivity index (χ2n) is 5.63. The number of hydrogen-bond acceptors (Lipinski definition) is 4. The van der Waals surface area contributed by atoms with Crippen molar-refractivity contribution in [2.45, 2.75) is 31.5 Å². The molecule has 2 rings (SSSR count). The Labute approximate surface area is 135 Å². The van der Waals surface area contributed by atoms with Gasteiger partial charge in [-0.25, -0.2) is 4.39 Å². The Morgan fingerprint density at radius 1 is 1.35 bits per heavy atom. The Hall–Kier alpha value is -2.02. The van der Waals surface area contributed by atoms with Crippen molar-refractivity contribution in [2.24, 2.45) is 0 Å². The minimum Gasteiger partial charge on any atom is -0.384 e. The van der Waals surface area contributed by atoms with E-state index < -0.39 is 11.6 Å². The van der Waals surface area contributed by atoms with Crippen LogP contribution in [0.1, 0.15) is 24.8 Å². The molecule has 1 fully saturated rings. The van der Waals surface area contributed by atoms with Crippen molar-refractivity contribution >= 4 is 11.8 Å². The number of halogens is 1. The first kappa shape index (κ1) is 17.3. The molecule has 0 unspecified atom stereocenters. The highest BCUT2D eigenvalue weighted by molar-refractivity contribution is 5.85. The van der Waals surface area contributed by atoms with Gasteiger partial charge in [-0.1, -0.05) is 0 Å². The molecule has 6 nitrogen and oxygen atoms in total. The van der Waals surface area contributed by atoms with Gasteiger partial charge < -0.3 is 15.0 Å². The number of carbonyl (C=O) groups is 2. The number of aromatic nitrogens is 1. The van der Waals surface area contributed by atoms with Crippen LogP contribution in [0.2, 0.25) is 0 Å². The maximum atomic E-state index is 14.8. The first-order chi connectivity index (χ1) is 11.0. The number of rotatable bonds is 6. The minimum atomic E-state index is -1.91. The van der Waals surface area contributed by atoms with E-state index in [1.807, 2.05) is 0 Å². The summed E-state index contributed by atoms with van der Waals surface area (Å²) in [7, 11) is 1.53. The molecule has 1 saturated heterocycles. The van der Waals surface area contributed by atoms with Gasteiger partial charge in [0.15, 0.2) is 5.67 Å². The molecular formula is C16H22FN3O3. The smallest absolute Gasteiger partial charge is 0.258 e. The van der Waals surface area contributed by atoms with Crippen molar-refractivity contribution in [1.29, 1.82) is 0 Å². The van der Waals surface area contributed by atoms with E-state index >= 15 is 0 Å². The Balaban J connectivity index is 1.81. The summed E-state index contributed by atoms with van der Waals surface area (Å²) >= 11 is 0. The van der Waals surface area contributed by atoms with Gasteiger partial charge in [0.25, 0.3) is 5.91 Å². The molecule has 0 aliphatic carbocycles. The third kappa shape index (κ3) is 4.72. The van der Waals surface area contributed by atoms with E-state index in [-0.39, 0.29) is 44.8 Å². The summed E-state index contributed by atoms with van der Waals surface area (Å²) in [6, 6.07) is 3.53. The number of likely N-dealkylation sites (tertiary alicyclic amines) is 1. The van der Waals surface area contributed by atoms with E-state index in [0.29, 0.717) is 6.61 Å². The summed E-state index contributed by atoms with van der Waals surface area (Å²) < 4.78 is 19.6. The number of nitrogens with zero attached hydrogens (tertiary/aromatic N) is 2. The van der Waals surface area contributed by atoms with Crippen LogP contribution in [0, 0.1) is 0 Å². The highest BCUT2D eigenvalue weighted by Crippen LogP contribution is 2.27. The number of hydrogen-bond donors (Lipinski definition) is 1. The Morgan fingerprint density at radius 3 is 2.61 bits per heavy atom. The van der Waals surface area contributed by atoms with Crippen LogP contribution in [0.4, 0.5) is 4.39 Å². The third-order valence-corrected chi connectivity index (χ3v) is 4.04. The molecule has 1 aromatic heterocycles. The summed E-state index contributed by atoms with van der Waals surface area (Å²) in [4.78, 5) is 29.5. The molecule has 1 aliphatic heterocycles. The normalized spacial score (nSPS) is 16.9. The third-order valence-electron chi connectivity index (χ3n) is 4.04. The van der Waals surface area contributed by atoms with E-state index in [4.69, 9.17) is 4.74 Å². The molecular weight excluding hydrogens is 301 g/mol. The van der Waals surface area contributed by atoms with E-state index in [9.17, 15) is 14.0 Å².